The molecule has 2 heterocycles. The second-order valence-electron chi connectivity index (χ2n) is 4.90. The molecule has 3 nitrogen and oxygen atoms in total. The molecule has 100 valence electrons. The van der Waals surface area contributed by atoms with Crippen molar-refractivity contribution in [2.24, 2.45) is 0 Å². The molecule has 0 radical (unpaired) electrons. The summed E-state index contributed by atoms with van der Waals surface area (Å²) in [5.74, 6) is 0. The van der Waals surface area contributed by atoms with E-state index in [0.29, 0.717) is 5.58 Å². The molecule has 0 unspecified atom stereocenters. The zero-order valence-electron chi connectivity index (χ0n) is 11.1. The van der Waals surface area contributed by atoms with E-state index >= 15 is 0 Å². The van der Waals surface area contributed by atoms with Crippen LogP contribution in [0.1, 0.15) is 0 Å². The summed E-state index contributed by atoms with van der Waals surface area (Å²) in [6, 6.07) is 19.0. The number of rotatable bonds is 1. The van der Waals surface area contributed by atoms with Gasteiger partial charge in [0.1, 0.15) is 5.58 Å². The third kappa shape index (κ3) is 1.99. The van der Waals surface area contributed by atoms with Crippen LogP contribution in [0, 0.1) is 0 Å². The van der Waals surface area contributed by atoms with Crippen LogP contribution in [0.25, 0.3) is 33.0 Å². The van der Waals surface area contributed by atoms with E-state index in [1.165, 1.54) is 6.07 Å². The van der Waals surface area contributed by atoms with E-state index in [0.717, 1.165) is 27.4 Å². The molecule has 0 atom stereocenters. The summed E-state index contributed by atoms with van der Waals surface area (Å²) < 4.78 is 5.38. The molecular weight excluding hydrogens is 262 g/mol. The van der Waals surface area contributed by atoms with E-state index in [9.17, 15) is 4.79 Å². The molecule has 2 aromatic heterocycles. The van der Waals surface area contributed by atoms with E-state index in [1.54, 1.807) is 6.07 Å². The normalized spacial score (nSPS) is 11.0. The molecular formula is C18H11NO2. The average Bonchev–Trinajstić information content (AvgIpc) is 2.54. The molecule has 2 aromatic carbocycles. The van der Waals surface area contributed by atoms with Crippen LogP contribution in [0.15, 0.2) is 76.1 Å². The summed E-state index contributed by atoms with van der Waals surface area (Å²) in [7, 11) is 0. The van der Waals surface area contributed by atoms with Gasteiger partial charge in [0.15, 0.2) is 0 Å². The maximum Gasteiger partial charge on any atom is 0.336 e. The number of benzene rings is 2. The van der Waals surface area contributed by atoms with Crippen LogP contribution in [0.5, 0.6) is 0 Å². The van der Waals surface area contributed by atoms with Gasteiger partial charge < -0.3 is 4.42 Å². The van der Waals surface area contributed by atoms with Crippen molar-refractivity contribution in [1.82, 2.24) is 4.98 Å². The Hall–Kier alpha value is -2.94. The monoisotopic (exact) mass is 273 g/mol. The Kier molecular flexibility index (Phi) is 2.57. The molecule has 3 heteroatoms. The third-order valence-corrected chi connectivity index (χ3v) is 3.55. The second kappa shape index (κ2) is 4.56. The smallest absolute Gasteiger partial charge is 0.336 e. The van der Waals surface area contributed by atoms with Gasteiger partial charge in [-0.25, -0.2) is 4.79 Å². The number of hydrogen-bond acceptors (Lipinski definition) is 3. The number of aromatic nitrogens is 1. The van der Waals surface area contributed by atoms with Crippen molar-refractivity contribution in [3.63, 3.8) is 0 Å². The van der Waals surface area contributed by atoms with Gasteiger partial charge in [-0.2, -0.15) is 0 Å². The van der Waals surface area contributed by atoms with E-state index in [4.69, 9.17) is 4.42 Å². The molecule has 0 spiro atoms. The summed E-state index contributed by atoms with van der Waals surface area (Å²) in [5.41, 5.74) is 3.02. The van der Waals surface area contributed by atoms with Crippen molar-refractivity contribution in [2.45, 2.75) is 0 Å². The van der Waals surface area contributed by atoms with Crippen molar-refractivity contribution >= 4 is 21.9 Å². The maximum absolute atomic E-state index is 11.5. The second-order valence-corrected chi connectivity index (χ2v) is 4.90. The molecule has 4 aromatic rings. The van der Waals surface area contributed by atoms with Crippen molar-refractivity contribution in [3.05, 3.63) is 77.3 Å². The van der Waals surface area contributed by atoms with Crippen LogP contribution in [0.2, 0.25) is 0 Å². The van der Waals surface area contributed by atoms with Crippen LogP contribution in [-0.4, -0.2) is 4.98 Å². The number of pyridine rings is 1. The van der Waals surface area contributed by atoms with E-state index < -0.39 is 0 Å². The zero-order valence-corrected chi connectivity index (χ0v) is 11.1. The first-order valence-corrected chi connectivity index (χ1v) is 6.69. The quantitative estimate of drug-likeness (QED) is 0.492. The highest BCUT2D eigenvalue weighted by atomic mass is 16.4. The van der Waals surface area contributed by atoms with Crippen molar-refractivity contribution < 1.29 is 4.42 Å². The molecule has 0 aliphatic heterocycles. The third-order valence-electron chi connectivity index (χ3n) is 3.55. The molecule has 0 aliphatic rings. The minimum Gasteiger partial charge on any atom is -0.422 e. The lowest BCUT2D eigenvalue weighted by Crippen LogP contribution is -1.95. The van der Waals surface area contributed by atoms with Crippen LogP contribution >= 0.6 is 0 Å². The van der Waals surface area contributed by atoms with Crippen LogP contribution in [0.4, 0.5) is 0 Å². The number of para-hydroxylation sites is 2. The Balaban J connectivity index is 2.03. The first-order valence-electron chi connectivity index (χ1n) is 6.69. The molecule has 0 fully saturated rings. The SMILES string of the molecule is O=c1ccc2cccc(-c3cnc4ccccc4c3)c2o1. The Morgan fingerprint density at radius 1 is 0.857 bits per heavy atom. The van der Waals surface area contributed by atoms with Crippen LogP contribution < -0.4 is 5.63 Å². The van der Waals surface area contributed by atoms with Gasteiger partial charge in [0.25, 0.3) is 0 Å². The van der Waals surface area contributed by atoms with Gasteiger partial charge in [-0.1, -0.05) is 36.4 Å². The number of hydrogen-bond donors (Lipinski definition) is 0. The summed E-state index contributed by atoms with van der Waals surface area (Å²) >= 11 is 0. The largest absolute Gasteiger partial charge is 0.422 e. The van der Waals surface area contributed by atoms with Gasteiger partial charge in [-0.05, 0) is 18.2 Å². The van der Waals surface area contributed by atoms with E-state index in [1.807, 2.05) is 48.7 Å². The first-order chi connectivity index (χ1) is 10.3. The topological polar surface area (TPSA) is 43.1 Å². The molecule has 0 bridgehead atoms. The molecule has 4 rings (SSSR count). The molecule has 0 amide bonds. The Labute approximate surface area is 120 Å². The lowest BCUT2D eigenvalue weighted by molar-refractivity contribution is 0.562. The molecule has 0 saturated heterocycles. The minimum absolute atomic E-state index is 0.344. The predicted molar refractivity (Wildman–Crippen MR) is 83.2 cm³/mol. The number of fused-ring (bicyclic) bond motifs is 2. The van der Waals surface area contributed by atoms with Crippen molar-refractivity contribution in [2.75, 3.05) is 0 Å². The van der Waals surface area contributed by atoms with Gasteiger partial charge in [0.05, 0.1) is 5.52 Å². The summed E-state index contributed by atoms with van der Waals surface area (Å²) in [6.45, 7) is 0. The Morgan fingerprint density at radius 3 is 2.67 bits per heavy atom. The maximum atomic E-state index is 11.5. The molecule has 0 saturated carbocycles. The summed E-state index contributed by atoms with van der Waals surface area (Å²) in [4.78, 5) is 16.0. The minimum atomic E-state index is -0.344. The van der Waals surface area contributed by atoms with E-state index in [-0.39, 0.29) is 5.63 Å². The molecule has 0 N–H and O–H groups in total. The van der Waals surface area contributed by atoms with Gasteiger partial charge in [0, 0.05) is 34.2 Å². The van der Waals surface area contributed by atoms with Crippen LogP contribution in [0.3, 0.4) is 0 Å². The summed E-state index contributed by atoms with van der Waals surface area (Å²) in [5, 5.41) is 1.96. The van der Waals surface area contributed by atoms with Gasteiger partial charge in [-0.15, -0.1) is 0 Å². The average molecular weight is 273 g/mol. The summed E-state index contributed by atoms with van der Waals surface area (Å²) in [6.07, 6.45) is 1.81. The zero-order chi connectivity index (χ0) is 14.2. The van der Waals surface area contributed by atoms with Crippen molar-refractivity contribution in [3.8, 4) is 11.1 Å². The van der Waals surface area contributed by atoms with Crippen molar-refractivity contribution in [1.29, 1.82) is 0 Å². The fourth-order valence-electron chi connectivity index (χ4n) is 2.54. The van der Waals surface area contributed by atoms with Gasteiger partial charge in [0.2, 0.25) is 0 Å². The fourth-order valence-corrected chi connectivity index (χ4v) is 2.54. The van der Waals surface area contributed by atoms with Crippen LogP contribution in [-0.2, 0) is 0 Å². The number of nitrogens with zero attached hydrogens (tertiary/aromatic N) is 1. The highest BCUT2D eigenvalue weighted by Gasteiger charge is 2.07. The molecule has 0 aliphatic carbocycles. The first kappa shape index (κ1) is 11.9. The fraction of sp³-hybridized carbons (Fsp3) is 0. The highest BCUT2D eigenvalue weighted by Crippen LogP contribution is 2.29. The molecule has 21 heavy (non-hydrogen) atoms. The highest BCUT2D eigenvalue weighted by molar-refractivity contribution is 5.94. The van der Waals surface area contributed by atoms with Gasteiger partial charge in [-0.3, -0.25) is 4.98 Å². The lowest BCUT2D eigenvalue weighted by atomic mass is 10.0. The van der Waals surface area contributed by atoms with Gasteiger partial charge >= 0.3 is 5.63 Å². The van der Waals surface area contributed by atoms with E-state index in [2.05, 4.69) is 11.1 Å². The predicted octanol–water partition coefficient (Wildman–Crippen LogP) is 4.01. The Bertz CT molecular complexity index is 1020. The Morgan fingerprint density at radius 2 is 1.71 bits per heavy atom. The lowest BCUT2D eigenvalue weighted by Gasteiger charge is -2.06. The standard InChI is InChI=1S/C18H11NO2/c20-17-9-8-12-5-3-6-15(18(12)21-17)14-10-13-4-1-2-7-16(13)19-11-14/h1-11H.